The van der Waals surface area contributed by atoms with Gasteiger partial charge in [0, 0.05) is 19.6 Å². The second-order valence-corrected chi connectivity index (χ2v) is 7.87. The fourth-order valence-electron chi connectivity index (χ4n) is 2.60. The lowest BCUT2D eigenvalue weighted by atomic mass is 10.1. The smallest absolute Gasteiger partial charge is 0.257 e. The summed E-state index contributed by atoms with van der Waals surface area (Å²) < 4.78 is 31.7. The monoisotopic (exact) mass is 390 g/mol. The molecule has 1 amide bonds. The standard InChI is InChI=1S/C20H26N2O4S/c1-3-22(4-2)27(24,25)19-12-10-17(11-13-19)14-15-21-20(23)16-26-18-8-6-5-7-9-18/h5-13H,3-4,14-16H2,1-2H3,(H,21,23). The van der Waals surface area contributed by atoms with E-state index in [1.54, 1.807) is 36.4 Å². The van der Waals surface area contributed by atoms with E-state index in [1.165, 1.54) is 4.31 Å². The highest BCUT2D eigenvalue weighted by Crippen LogP contribution is 2.16. The summed E-state index contributed by atoms with van der Waals surface area (Å²) in [6.07, 6.45) is 0.614. The molecule has 0 atom stereocenters. The Morgan fingerprint density at radius 2 is 1.63 bits per heavy atom. The zero-order chi connectivity index (χ0) is 19.7. The second kappa shape index (κ2) is 10.1. The number of carbonyl (C=O) groups excluding carboxylic acids is 1. The summed E-state index contributed by atoms with van der Waals surface area (Å²) in [7, 11) is -3.44. The highest BCUT2D eigenvalue weighted by Gasteiger charge is 2.21. The van der Waals surface area contributed by atoms with Gasteiger partial charge >= 0.3 is 0 Å². The minimum atomic E-state index is -3.44. The van der Waals surface area contributed by atoms with Crippen molar-refractivity contribution in [3.63, 3.8) is 0 Å². The first kappa shape index (κ1) is 20.9. The Labute approximate surface area is 161 Å². The summed E-state index contributed by atoms with van der Waals surface area (Å²) in [5, 5.41) is 2.79. The number of para-hydroxylation sites is 1. The van der Waals surface area contributed by atoms with E-state index in [1.807, 2.05) is 32.0 Å². The number of amides is 1. The molecule has 2 rings (SSSR count). The van der Waals surface area contributed by atoms with E-state index in [-0.39, 0.29) is 17.4 Å². The molecule has 0 aliphatic carbocycles. The summed E-state index contributed by atoms with van der Waals surface area (Å²) in [6.45, 7) is 4.94. The highest BCUT2D eigenvalue weighted by molar-refractivity contribution is 7.89. The van der Waals surface area contributed by atoms with Gasteiger partial charge in [0.05, 0.1) is 4.90 Å². The van der Waals surface area contributed by atoms with Crippen LogP contribution in [0.25, 0.3) is 0 Å². The summed E-state index contributed by atoms with van der Waals surface area (Å²) in [4.78, 5) is 12.1. The van der Waals surface area contributed by atoms with Gasteiger partial charge in [-0.1, -0.05) is 44.2 Å². The highest BCUT2D eigenvalue weighted by atomic mass is 32.2. The number of sulfonamides is 1. The molecule has 1 N–H and O–H groups in total. The van der Waals surface area contributed by atoms with Crippen molar-refractivity contribution in [1.82, 2.24) is 9.62 Å². The molecule has 7 heteroatoms. The maximum atomic E-state index is 12.5. The summed E-state index contributed by atoms with van der Waals surface area (Å²) >= 11 is 0. The van der Waals surface area contributed by atoms with E-state index < -0.39 is 10.0 Å². The van der Waals surface area contributed by atoms with E-state index in [0.29, 0.717) is 31.8 Å². The van der Waals surface area contributed by atoms with E-state index in [9.17, 15) is 13.2 Å². The predicted molar refractivity (Wildman–Crippen MR) is 105 cm³/mol. The van der Waals surface area contributed by atoms with Crippen LogP contribution in [-0.2, 0) is 21.2 Å². The molecular weight excluding hydrogens is 364 g/mol. The van der Waals surface area contributed by atoms with E-state index in [4.69, 9.17) is 4.74 Å². The van der Waals surface area contributed by atoms with Crippen molar-refractivity contribution >= 4 is 15.9 Å². The van der Waals surface area contributed by atoms with Crippen LogP contribution in [0.15, 0.2) is 59.5 Å². The molecule has 27 heavy (non-hydrogen) atoms. The largest absolute Gasteiger partial charge is 0.484 e. The molecule has 0 heterocycles. The van der Waals surface area contributed by atoms with Gasteiger partial charge in [0.25, 0.3) is 5.91 Å². The van der Waals surface area contributed by atoms with E-state index in [2.05, 4.69) is 5.32 Å². The number of rotatable bonds is 10. The number of ether oxygens (including phenoxy) is 1. The van der Waals surface area contributed by atoms with Crippen LogP contribution in [0.2, 0.25) is 0 Å². The van der Waals surface area contributed by atoms with Gasteiger partial charge in [0.15, 0.2) is 6.61 Å². The zero-order valence-electron chi connectivity index (χ0n) is 15.7. The average molecular weight is 391 g/mol. The Balaban J connectivity index is 1.80. The third-order valence-corrected chi connectivity index (χ3v) is 6.18. The number of carbonyl (C=O) groups is 1. The molecule has 0 spiro atoms. The van der Waals surface area contributed by atoms with Crippen molar-refractivity contribution in [3.8, 4) is 5.75 Å². The Morgan fingerprint density at radius 1 is 1.00 bits per heavy atom. The second-order valence-electron chi connectivity index (χ2n) is 5.93. The summed E-state index contributed by atoms with van der Waals surface area (Å²) in [6, 6.07) is 15.9. The number of hydrogen-bond donors (Lipinski definition) is 1. The molecule has 0 radical (unpaired) electrons. The molecule has 0 aromatic heterocycles. The van der Waals surface area contributed by atoms with Crippen molar-refractivity contribution in [2.24, 2.45) is 0 Å². The SMILES string of the molecule is CCN(CC)S(=O)(=O)c1ccc(CCNC(=O)COc2ccccc2)cc1. The number of nitrogens with one attached hydrogen (secondary N) is 1. The van der Waals surface area contributed by atoms with Gasteiger partial charge in [0.1, 0.15) is 5.75 Å². The maximum Gasteiger partial charge on any atom is 0.257 e. The Morgan fingerprint density at radius 3 is 2.22 bits per heavy atom. The first-order valence-electron chi connectivity index (χ1n) is 9.01. The van der Waals surface area contributed by atoms with Gasteiger partial charge in [-0.15, -0.1) is 0 Å². The molecule has 0 fully saturated rings. The number of nitrogens with zero attached hydrogens (tertiary/aromatic N) is 1. The Hall–Kier alpha value is -2.38. The van der Waals surface area contributed by atoms with E-state index in [0.717, 1.165) is 5.56 Å². The lowest BCUT2D eigenvalue weighted by Gasteiger charge is -2.18. The fourth-order valence-corrected chi connectivity index (χ4v) is 4.06. The first-order chi connectivity index (χ1) is 13.0. The van der Waals surface area contributed by atoms with Crippen molar-refractivity contribution < 1.29 is 17.9 Å². The summed E-state index contributed by atoms with van der Waals surface area (Å²) in [5.41, 5.74) is 0.956. The van der Waals surface area contributed by atoms with Gasteiger partial charge in [-0.2, -0.15) is 4.31 Å². The Bertz CT molecular complexity index is 817. The van der Waals surface area contributed by atoms with Crippen molar-refractivity contribution in [3.05, 3.63) is 60.2 Å². The lowest BCUT2D eigenvalue weighted by molar-refractivity contribution is -0.123. The third kappa shape index (κ3) is 6.08. The van der Waals surface area contributed by atoms with Gasteiger partial charge < -0.3 is 10.1 Å². The van der Waals surface area contributed by atoms with Crippen LogP contribution in [0.1, 0.15) is 19.4 Å². The summed E-state index contributed by atoms with van der Waals surface area (Å²) in [5.74, 6) is 0.456. The van der Waals surface area contributed by atoms with Crippen LogP contribution < -0.4 is 10.1 Å². The van der Waals surface area contributed by atoms with Crippen LogP contribution >= 0.6 is 0 Å². The minimum Gasteiger partial charge on any atom is -0.484 e. The average Bonchev–Trinajstić information content (AvgIpc) is 2.68. The van der Waals surface area contributed by atoms with Crippen LogP contribution in [0.5, 0.6) is 5.75 Å². The fraction of sp³-hybridized carbons (Fsp3) is 0.350. The number of benzene rings is 2. The lowest BCUT2D eigenvalue weighted by Crippen LogP contribution is -2.31. The number of hydrogen-bond acceptors (Lipinski definition) is 4. The van der Waals surface area contributed by atoms with E-state index >= 15 is 0 Å². The van der Waals surface area contributed by atoms with Crippen LogP contribution in [0.3, 0.4) is 0 Å². The van der Waals surface area contributed by atoms with Crippen LogP contribution in [-0.4, -0.2) is 44.9 Å². The molecule has 0 aliphatic heterocycles. The minimum absolute atomic E-state index is 0.0366. The molecule has 0 unspecified atom stereocenters. The zero-order valence-corrected chi connectivity index (χ0v) is 16.5. The maximum absolute atomic E-state index is 12.5. The molecule has 2 aromatic carbocycles. The topological polar surface area (TPSA) is 75.7 Å². The van der Waals surface area contributed by atoms with Gasteiger partial charge in [0.2, 0.25) is 10.0 Å². The predicted octanol–water partition coefficient (Wildman–Crippen LogP) is 2.45. The van der Waals surface area contributed by atoms with Gasteiger partial charge in [-0.25, -0.2) is 8.42 Å². The normalized spacial score (nSPS) is 11.4. The molecule has 0 saturated carbocycles. The quantitative estimate of drug-likeness (QED) is 0.676. The molecule has 0 aliphatic rings. The first-order valence-corrected chi connectivity index (χ1v) is 10.4. The Kier molecular flexibility index (Phi) is 7.82. The molecule has 146 valence electrons. The van der Waals surface area contributed by atoms with Crippen LogP contribution in [0, 0.1) is 0 Å². The molecule has 2 aromatic rings. The third-order valence-electron chi connectivity index (χ3n) is 4.12. The molecule has 6 nitrogen and oxygen atoms in total. The van der Waals surface area contributed by atoms with Crippen molar-refractivity contribution in [2.75, 3.05) is 26.2 Å². The molecule has 0 saturated heterocycles. The molecular formula is C20H26N2O4S. The van der Waals surface area contributed by atoms with Crippen LogP contribution in [0.4, 0.5) is 0 Å². The van der Waals surface area contributed by atoms with Crippen molar-refractivity contribution in [2.45, 2.75) is 25.2 Å². The van der Waals surface area contributed by atoms with Gasteiger partial charge in [-0.3, -0.25) is 4.79 Å². The van der Waals surface area contributed by atoms with Crippen molar-refractivity contribution in [1.29, 1.82) is 0 Å². The molecule has 0 bridgehead atoms. The van der Waals surface area contributed by atoms with Gasteiger partial charge in [-0.05, 0) is 36.2 Å².